The molecular formula is C17H19N3O6. The molecule has 0 saturated heterocycles. The number of aryl methyl sites for hydroxylation is 2. The van der Waals surface area contributed by atoms with Crippen molar-refractivity contribution in [3.05, 3.63) is 46.8 Å². The van der Waals surface area contributed by atoms with Gasteiger partial charge in [0.2, 0.25) is 0 Å². The first-order chi connectivity index (χ1) is 12.4. The van der Waals surface area contributed by atoms with Crippen molar-refractivity contribution in [3.63, 3.8) is 0 Å². The van der Waals surface area contributed by atoms with E-state index in [4.69, 9.17) is 14.0 Å². The Balaban J connectivity index is 2.00. The van der Waals surface area contributed by atoms with Crippen LogP contribution in [0.4, 0.5) is 4.79 Å². The average Bonchev–Trinajstić information content (AvgIpc) is 2.96. The van der Waals surface area contributed by atoms with E-state index >= 15 is 0 Å². The number of urea groups is 1. The number of carbonyl (C=O) groups excluding carboxylic acids is 3. The molecule has 0 atom stereocenters. The van der Waals surface area contributed by atoms with Crippen molar-refractivity contribution in [1.29, 1.82) is 0 Å². The van der Waals surface area contributed by atoms with E-state index in [-0.39, 0.29) is 12.2 Å². The minimum Gasteiger partial charge on any atom is -0.488 e. The lowest BCUT2D eigenvalue weighted by molar-refractivity contribution is -0.123. The van der Waals surface area contributed by atoms with E-state index in [9.17, 15) is 14.4 Å². The summed E-state index contributed by atoms with van der Waals surface area (Å²) in [7, 11) is 1.36. The lowest BCUT2D eigenvalue weighted by atomic mass is 10.2. The molecule has 0 aliphatic rings. The zero-order valence-electron chi connectivity index (χ0n) is 14.6. The minimum absolute atomic E-state index is 0.159. The number of esters is 1. The lowest BCUT2D eigenvalue weighted by Crippen LogP contribution is -2.39. The highest BCUT2D eigenvalue weighted by Gasteiger charge is 2.17. The van der Waals surface area contributed by atoms with Crippen molar-refractivity contribution in [1.82, 2.24) is 15.8 Å². The number of benzene rings is 1. The molecule has 0 bridgehead atoms. The molecule has 2 aromatic rings. The highest BCUT2D eigenvalue weighted by atomic mass is 16.5. The quantitative estimate of drug-likeness (QED) is 0.748. The van der Waals surface area contributed by atoms with Crippen LogP contribution >= 0.6 is 0 Å². The highest BCUT2D eigenvalue weighted by Crippen LogP contribution is 2.22. The Morgan fingerprint density at radius 1 is 1.19 bits per heavy atom. The van der Waals surface area contributed by atoms with Gasteiger partial charge in [-0.15, -0.1) is 0 Å². The Morgan fingerprint density at radius 3 is 2.58 bits per heavy atom. The predicted octanol–water partition coefficient (Wildman–Crippen LogP) is 1.48. The van der Waals surface area contributed by atoms with Crippen molar-refractivity contribution in [2.45, 2.75) is 20.5 Å². The molecule has 0 radical (unpaired) electrons. The molecule has 9 heteroatoms. The normalized spacial score (nSPS) is 10.1. The van der Waals surface area contributed by atoms with Gasteiger partial charge in [-0.25, -0.2) is 9.59 Å². The number of rotatable bonds is 6. The van der Waals surface area contributed by atoms with Gasteiger partial charge in [0.15, 0.2) is 6.61 Å². The van der Waals surface area contributed by atoms with Crippen LogP contribution in [0.5, 0.6) is 5.75 Å². The van der Waals surface area contributed by atoms with Gasteiger partial charge in [-0.2, -0.15) is 0 Å². The third kappa shape index (κ3) is 4.82. The van der Waals surface area contributed by atoms with Crippen molar-refractivity contribution < 1.29 is 28.4 Å². The van der Waals surface area contributed by atoms with E-state index < -0.39 is 24.5 Å². The number of hydrogen-bond acceptors (Lipinski definition) is 7. The molecule has 9 nitrogen and oxygen atoms in total. The summed E-state index contributed by atoms with van der Waals surface area (Å²) in [6.45, 7) is 3.14. The van der Waals surface area contributed by atoms with Crippen LogP contribution in [0.3, 0.4) is 0 Å². The second-order valence-corrected chi connectivity index (χ2v) is 5.29. The van der Waals surface area contributed by atoms with E-state index in [0.717, 1.165) is 5.56 Å². The summed E-state index contributed by atoms with van der Waals surface area (Å²) in [5.74, 6) is -0.559. The van der Waals surface area contributed by atoms with Gasteiger partial charge >= 0.3 is 12.0 Å². The van der Waals surface area contributed by atoms with Gasteiger partial charge in [-0.05, 0) is 26.0 Å². The molecule has 0 aliphatic carbocycles. The van der Waals surface area contributed by atoms with E-state index in [1.165, 1.54) is 13.1 Å². The third-order valence-electron chi connectivity index (χ3n) is 3.47. The Hall–Kier alpha value is -3.36. The van der Waals surface area contributed by atoms with Crippen LogP contribution in [0.15, 0.2) is 28.8 Å². The first-order valence-corrected chi connectivity index (χ1v) is 7.74. The Kier molecular flexibility index (Phi) is 6.31. The second kappa shape index (κ2) is 8.65. The number of nitrogens with one attached hydrogen (secondary N) is 2. The standard InChI is InChI=1S/C17H19N3O6/c1-10-13(11(2)26-20-10)8-24-14-7-5-4-6-12(14)16(22)25-9-15(21)19-17(23)18-3/h4-7H,8-9H2,1-3H3,(H2,18,19,21,23). The van der Waals surface area contributed by atoms with Gasteiger partial charge in [-0.1, -0.05) is 17.3 Å². The summed E-state index contributed by atoms with van der Waals surface area (Å²) in [6, 6.07) is 5.79. The number of imide groups is 1. The maximum atomic E-state index is 12.2. The zero-order valence-corrected chi connectivity index (χ0v) is 14.6. The smallest absolute Gasteiger partial charge is 0.342 e. The Labute approximate surface area is 149 Å². The maximum Gasteiger partial charge on any atom is 0.342 e. The molecule has 1 aromatic heterocycles. The first-order valence-electron chi connectivity index (χ1n) is 7.74. The summed E-state index contributed by atoms with van der Waals surface area (Å²) in [5.41, 5.74) is 1.65. The van der Waals surface area contributed by atoms with Crippen molar-refractivity contribution in [2.75, 3.05) is 13.7 Å². The van der Waals surface area contributed by atoms with E-state index in [0.29, 0.717) is 17.2 Å². The molecule has 26 heavy (non-hydrogen) atoms. The SMILES string of the molecule is CNC(=O)NC(=O)COC(=O)c1ccccc1OCc1c(C)noc1C. The molecule has 0 spiro atoms. The van der Waals surface area contributed by atoms with Crippen molar-refractivity contribution >= 4 is 17.9 Å². The van der Waals surface area contributed by atoms with E-state index in [1.54, 1.807) is 32.0 Å². The summed E-state index contributed by atoms with van der Waals surface area (Å²) >= 11 is 0. The van der Waals surface area contributed by atoms with Gasteiger partial charge in [0.1, 0.15) is 23.7 Å². The monoisotopic (exact) mass is 361 g/mol. The largest absolute Gasteiger partial charge is 0.488 e. The second-order valence-electron chi connectivity index (χ2n) is 5.29. The van der Waals surface area contributed by atoms with Gasteiger partial charge in [-0.3, -0.25) is 10.1 Å². The van der Waals surface area contributed by atoms with Crippen molar-refractivity contribution in [3.8, 4) is 5.75 Å². The highest BCUT2D eigenvalue weighted by molar-refractivity contribution is 5.97. The molecule has 2 N–H and O–H groups in total. The minimum atomic E-state index is -0.744. The molecule has 2 rings (SSSR count). The fourth-order valence-corrected chi connectivity index (χ4v) is 2.05. The molecule has 0 fully saturated rings. The van der Waals surface area contributed by atoms with Crippen LogP contribution in [-0.2, 0) is 16.1 Å². The number of hydrogen-bond donors (Lipinski definition) is 2. The number of para-hydroxylation sites is 1. The molecular weight excluding hydrogens is 342 g/mol. The third-order valence-corrected chi connectivity index (χ3v) is 3.47. The predicted molar refractivity (Wildman–Crippen MR) is 89.6 cm³/mol. The number of nitrogens with zero attached hydrogens (tertiary/aromatic N) is 1. The van der Waals surface area contributed by atoms with E-state index in [1.807, 2.05) is 5.32 Å². The summed E-state index contributed by atoms with van der Waals surface area (Å²) in [5, 5.41) is 8.05. The van der Waals surface area contributed by atoms with Crippen LogP contribution in [0.25, 0.3) is 0 Å². The van der Waals surface area contributed by atoms with Gasteiger partial charge in [0, 0.05) is 7.05 Å². The summed E-state index contributed by atoms with van der Waals surface area (Å²) in [4.78, 5) is 34.7. The topological polar surface area (TPSA) is 120 Å². The molecule has 3 amide bonds. The fourth-order valence-electron chi connectivity index (χ4n) is 2.05. The fraction of sp³-hybridized carbons (Fsp3) is 0.294. The average molecular weight is 361 g/mol. The molecule has 1 aromatic carbocycles. The number of ether oxygens (including phenoxy) is 2. The zero-order chi connectivity index (χ0) is 19.1. The van der Waals surface area contributed by atoms with E-state index in [2.05, 4.69) is 10.5 Å². The van der Waals surface area contributed by atoms with Crippen LogP contribution in [-0.4, -0.2) is 36.7 Å². The molecule has 0 saturated carbocycles. The van der Waals surface area contributed by atoms with Crippen LogP contribution in [0.1, 0.15) is 27.4 Å². The Bertz CT molecular complexity index is 795. The summed E-state index contributed by atoms with van der Waals surface area (Å²) < 4.78 is 15.7. The van der Waals surface area contributed by atoms with Crippen LogP contribution in [0.2, 0.25) is 0 Å². The van der Waals surface area contributed by atoms with Crippen LogP contribution in [0, 0.1) is 13.8 Å². The summed E-state index contributed by atoms with van der Waals surface area (Å²) in [6.07, 6.45) is 0. The molecule has 0 aliphatic heterocycles. The molecule has 1 heterocycles. The lowest BCUT2D eigenvalue weighted by Gasteiger charge is -2.11. The molecule has 138 valence electrons. The number of amides is 3. The van der Waals surface area contributed by atoms with Gasteiger partial charge < -0.3 is 19.3 Å². The first kappa shape index (κ1) is 19.0. The van der Waals surface area contributed by atoms with Gasteiger partial charge in [0.05, 0.1) is 11.3 Å². The number of carbonyl (C=O) groups is 3. The van der Waals surface area contributed by atoms with Crippen molar-refractivity contribution in [2.24, 2.45) is 0 Å². The molecule has 0 unspecified atom stereocenters. The maximum absolute atomic E-state index is 12.2. The van der Waals surface area contributed by atoms with Gasteiger partial charge in [0.25, 0.3) is 5.91 Å². The van der Waals surface area contributed by atoms with Crippen LogP contribution < -0.4 is 15.4 Å². The number of aromatic nitrogens is 1. The Morgan fingerprint density at radius 2 is 1.92 bits per heavy atom.